The predicted molar refractivity (Wildman–Crippen MR) is 139 cm³/mol. The molecule has 2 aliphatic rings. The minimum absolute atomic E-state index is 0.0204. The van der Waals surface area contributed by atoms with Gasteiger partial charge in [0.05, 0.1) is 11.1 Å². The lowest BCUT2D eigenvalue weighted by molar-refractivity contribution is -0.143. The molecule has 2 atom stereocenters. The second kappa shape index (κ2) is 11.3. The van der Waals surface area contributed by atoms with Crippen molar-refractivity contribution in [2.75, 3.05) is 13.1 Å². The molecule has 6 nitrogen and oxygen atoms in total. The Morgan fingerprint density at radius 2 is 1.60 bits per heavy atom. The van der Waals surface area contributed by atoms with Gasteiger partial charge in [0.1, 0.15) is 23.4 Å². The molecule has 2 aromatic carbocycles. The fourth-order valence-corrected chi connectivity index (χ4v) is 6.38. The zero-order valence-corrected chi connectivity index (χ0v) is 22.8. The molecule has 1 aliphatic carbocycles. The van der Waals surface area contributed by atoms with Gasteiger partial charge in [-0.15, -0.1) is 0 Å². The first-order valence-corrected chi connectivity index (χ1v) is 13.7. The van der Waals surface area contributed by atoms with Crippen LogP contribution in [0.25, 0.3) is 0 Å². The topological polar surface area (TPSA) is 63.1 Å². The van der Waals surface area contributed by atoms with Crippen molar-refractivity contribution in [1.82, 2.24) is 25.0 Å². The molecule has 0 bridgehead atoms. The first-order chi connectivity index (χ1) is 19.8. The summed E-state index contributed by atoms with van der Waals surface area (Å²) in [6, 6.07) is 7.83. The van der Waals surface area contributed by atoms with Crippen molar-refractivity contribution in [3.8, 4) is 0 Å². The molecule has 2 unspecified atom stereocenters. The number of amides is 1. The van der Waals surface area contributed by atoms with E-state index >= 15 is 0 Å². The molecule has 0 spiro atoms. The highest BCUT2D eigenvalue weighted by molar-refractivity contribution is 5.87. The molecule has 3 aromatic rings. The standard InChI is InChI=1S/C29H30F7N5O/c1-40-25(38-17-39-40)27(26(42)37-16-18-12-21(28(31,32)33)14-22(13-18)29(34,35)36)9-6-24(15-27)41-10-7-20(8-11-41)19-2-4-23(30)5-3-19/h2-5,12-14,17,20,24H,6-11,15-16H2,1H3,(H,37,42). The second-order valence-electron chi connectivity index (χ2n) is 11.1. The Morgan fingerprint density at radius 1 is 0.976 bits per heavy atom. The Bertz CT molecular complexity index is 1380. The second-order valence-corrected chi connectivity index (χ2v) is 11.1. The summed E-state index contributed by atoms with van der Waals surface area (Å²) in [5.41, 5.74) is -3.25. The molecule has 1 amide bonds. The SMILES string of the molecule is Cn1ncnc1C1(C(=O)NCc2cc(C(F)(F)F)cc(C(F)(F)F)c2)CCC(N2CCC(c3ccc(F)cc3)CC2)C1. The van der Waals surface area contributed by atoms with Gasteiger partial charge in [0.15, 0.2) is 0 Å². The van der Waals surface area contributed by atoms with Crippen molar-refractivity contribution >= 4 is 5.91 Å². The van der Waals surface area contributed by atoms with Crippen molar-refractivity contribution in [3.05, 3.63) is 82.7 Å². The van der Waals surface area contributed by atoms with Gasteiger partial charge < -0.3 is 10.2 Å². The van der Waals surface area contributed by atoms with Crippen molar-refractivity contribution in [2.24, 2.45) is 7.05 Å². The maximum absolute atomic E-state index is 13.8. The average Bonchev–Trinajstić information content (AvgIpc) is 3.58. The van der Waals surface area contributed by atoms with Crippen LogP contribution in [0, 0.1) is 5.82 Å². The summed E-state index contributed by atoms with van der Waals surface area (Å²) >= 11 is 0. The zero-order chi connectivity index (χ0) is 30.3. The number of nitrogens with one attached hydrogen (secondary N) is 1. The fourth-order valence-electron chi connectivity index (χ4n) is 6.38. The highest BCUT2D eigenvalue weighted by Gasteiger charge is 2.51. The van der Waals surface area contributed by atoms with E-state index in [-0.39, 0.29) is 23.5 Å². The number of hydrogen-bond donors (Lipinski definition) is 1. The summed E-state index contributed by atoms with van der Waals surface area (Å²) in [7, 11) is 1.64. The van der Waals surface area contributed by atoms with Gasteiger partial charge in [0.25, 0.3) is 0 Å². The Morgan fingerprint density at radius 3 is 2.14 bits per heavy atom. The average molecular weight is 598 g/mol. The number of alkyl halides is 6. The van der Waals surface area contributed by atoms with Gasteiger partial charge in [-0.05, 0) is 92.6 Å². The fraction of sp³-hybridized carbons (Fsp3) is 0.483. The van der Waals surface area contributed by atoms with Crippen molar-refractivity contribution in [3.63, 3.8) is 0 Å². The van der Waals surface area contributed by atoms with Crippen LogP contribution < -0.4 is 5.32 Å². The number of likely N-dealkylation sites (tertiary alicyclic amines) is 1. The van der Waals surface area contributed by atoms with E-state index < -0.39 is 41.3 Å². The highest BCUT2D eigenvalue weighted by atomic mass is 19.4. The van der Waals surface area contributed by atoms with E-state index in [0.29, 0.717) is 43.1 Å². The molecule has 0 radical (unpaired) electrons. The maximum Gasteiger partial charge on any atom is 0.416 e. The Balaban J connectivity index is 1.32. The summed E-state index contributed by atoms with van der Waals surface area (Å²) in [6.45, 7) is 1.03. The van der Waals surface area contributed by atoms with Crippen molar-refractivity contribution < 1.29 is 35.5 Å². The van der Waals surface area contributed by atoms with Crippen molar-refractivity contribution in [2.45, 2.75) is 68.4 Å². The number of aromatic nitrogens is 3. The van der Waals surface area contributed by atoms with Crippen LogP contribution in [0.5, 0.6) is 0 Å². The van der Waals surface area contributed by atoms with E-state index in [4.69, 9.17) is 0 Å². The number of rotatable bonds is 6. The number of aryl methyl sites for hydroxylation is 1. The monoisotopic (exact) mass is 597 g/mol. The Hall–Kier alpha value is -3.48. The smallest absolute Gasteiger partial charge is 0.351 e. The molecule has 1 aromatic heterocycles. The van der Waals surface area contributed by atoms with Gasteiger partial charge in [-0.2, -0.15) is 31.4 Å². The molecule has 1 saturated heterocycles. The molecule has 13 heteroatoms. The molecule has 42 heavy (non-hydrogen) atoms. The van der Waals surface area contributed by atoms with E-state index in [1.807, 2.05) is 0 Å². The number of nitrogens with zero attached hydrogens (tertiary/aromatic N) is 4. The molecule has 2 heterocycles. The summed E-state index contributed by atoms with van der Waals surface area (Å²) in [5, 5.41) is 6.71. The van der Waals surface area contributed by atoms with Crippen LogP contribution in [-0.4, -0.2) is 44.7 Å². The summed E-state index contributed by atoms with van der Waals surface area (Å²) < 4.78 is 94.8. The van der Waals surface area contributed by atoms with E-state index in [0.717, 1.165) is 31.5 Å². The maximum atomic E-state index is 13.8. The molecule has 5 rings (SSSR count). The van der Waals surface area contributed by atoms with Crippen LogP contribution in [0.3, 0.4) is 0 Å². The lowest BCUT2D eigenvalue weighted by Gasteiger charge is -2.37. The lowest BCUT2D eigenvalue weighted by atomic mass is 9.83. The van der Waals surface area contributed by atoms with E-state index in [2.05, 4.69) is 20.3 Å². The Kier molecular flexibility index (Phi) is 8.08. The molecule has 1 aliphatic heterocycles. The van der Waals surface area contributed by atoms with Crippen LogP contribution in [0.2, 0.25) is 0 Å². The Labute approximate surface area is 237 Å². The number of carbonyl (C=O) groups is 1. The van der Waals surface area contributed by atoms with Crippen molar-refractivity contribution in [1.29, 1.82) is 0 Å². The van der Waals surface area contributed by atoms with E-state index in [9.17, 15) is 35.5 Å². The molecule has 226 valence electrons. The number of carbonyl (C=O) groups excluding carboxylic acids is 1. The third-order valence-electron chi connectivity index (χ3n) is 8.55. The highest BCUT2D eigenvalue weighted by Crippen LogP contribution is 2.44. The lowest BCUT2D eigenvalue weighted by Crippen LogP contribution is -2.46. The predicted octanol–water partition coefficient (Wildman–Crippen LogP) is 5.98. The normalized spacial score (nSPS) is 22.4. The first kappa shape index (κ1) is 30.0. The summed E-state index contributed by atoms with van der Waals surface area (Å²) in [5.74, 6) is -0.115. The molecular weight excluding hydrogens is 567 g/mol. The molecule has 2 fully saturated rings. The largest absolute Gasteiger partial charge is 0.416 e. The minimum atomic E-state index is -4.98. The van der Waals surface area contributed by atoms with E-state index in [1.54, 1.807) is 19.2 Å². The van der Waals surface area contributed by atoms with Crippen LogP contribution in [0.4, 0.5) is 30.7 Å². The third-order valence-corrected chi connectivity index (χ3v) is 8.55. The third kappa shape index (κ3) is 6.16. The zero-order valence-electron chi connectivity index (χ0n) is 22.8. The van der Waals surface area contributed by atoms with Gasteiger partial charge >= 0.3 is 12.4 Å². The van der Waals surface area contributed by atoms with Gasteiger partial charge in [-0.1, -0.05) is 12.1 Å². The quantitative estimate of drug-likeness (QED) is 0.356. The summed E-state index contributed by atoms with van der Waals surface area (Å²) in [6.07, 6.45) is -5.50. The minimum Gasteiger partial charge on any atom is -0.351 e. The van der Waals surface area contributed by atoms with E-state index in [1.165, 1.54) is 23.1 Å². The van der Waals surface area contributed by atoms with Gasteiger partial charge in [-0.3, -0.25) is 9.48 Å². The van der Waals surface area contributed by atoms with Crippen LogP contribution in [0.1, 0.15) is 66.1 Å². The number of piperidine rings is 1. The van der Waals surface area contributed by atoms with Crippen LogP contribution in [-0.2, 0) is 36.2 Å². The molecule has 1 saturated carbocycles. The first-order valence-electron chi connectivity index (χ1n) is 13.7. The molecular formula is C29H30F7N5O. The number of halogens is 7. The summed E-state index contributed by atoms with van der Waals surface area (Å²) in [4.78, 5) is 20.4. The van der Waals surface area contributed by atoms with Crippen LogP contribution >= 0.6 is 0 Å². The van der Waals surface area contributed by atoms with Crippen LogP contribution in [0.15, 0.2) is 48.8 Å². The van der Waals surface area contributed by atoms with Gasteiger partial charge in [-0.25, -0.2) is 9.37 Å². The van der Waals surface area contributed by atoms with Gasteiger partial charge in [0, 0.05) is 19.6 Å². The number of benzene rings is 2. The molecule has 1 N–H and O–H groups in total. The number of hydrogen-bond acceptors (Lipinski definition) is 4. The van der Waals surface area contributed by atoms with Gasteiger partial charge in [0.2, 0.25) is 5.91 Å².